The van der Waals surface area contributed by atoms with Gasteiger partial charge in [0.15, 0.2) is 0 Å². The number of tetrazole rings is 1. The van der Waals surface area contributed by atoms with E-state index in [0.717, 1.165) is 22.1 Å². The third kappa shape index (κ3) is 3.06. The van der Waals surface area contributed by atoms with Gasteiger partial charge >= 0.3 is 5.69 Å². The fourth-order valence-electron chi connectivity index (χ4n) is 2.33. The maximum absolute atomic E-state index is 12.4. The van der Waals surface area contributed by atoms with Gasteiger partial charge in [-0.15, -0.1) is 22.7 Å². The van der Waals surface area contributed by atoms with Gasteiger partial charge in [-0.1, -0.05) is 30.3 Å². The molecule has 6 nitrogen and oxygen atoms in total. The first-order chi connectivity index (χ1) is 11.8. The van der Waals surface area contributed by atoms with E-state index >= 15 is 0 Å². The molecular formula is C16H13N5OS2. The summed E-state index contributed by atoms with van der Waals surface area (Å²) in [5.74, 6) is 0. The van der Waals surface area contributed by atoms with Crippen molar-refractivity contribution in [1.82, 2.24) is 24.8 Å². The van der Waals surface area contributed by atoms with Crippen LogP contribution in [0.15, 0.2) is 58.0 Å². The van der Waals surface area contributed by atoms with Crippen LogP contribution in [-0.4, -0.2) is 24.8 Å². The number of nitrogens with zero attached hydrogens (tertiary/aromatic N) is 5. The normalized spacial score (nSPS) is 11.0. The predicted octanol–water partition coefficient (Wildman–Crippen LogP) is 2.59. The molecule has 0 amide bonds. The Balaban J connectivity index is 1.52. The van der Waals surface area contributed by atoms with Gasteiger partial charge in [-0.05, 0) is 33.5 Å². The second kappa shape index (κ2) is 6.50. The highest BCUT2D eigenvalue weighted by molar-refractivity contribution is 7.12. The minimum Gasteiger partial charge on any atom is -0.244 e. The fourth-order valence-corrected chi connectivity index (χ4v) is 3.82. The van der Waals surface area contributed by atoms with E-state index in [0.29, 0.717) is 6.54 Å². The van der Waals surface area contributed by atoms with Crippen LogP contribution in [-0.2, 0) is 13.0 Å². The molecule has 0 unspecified atom stereocenters. The largest absolute Gasteiger partial charge is 0.369 e. The Kier molecular flexibility index (Phi) is 4.06. The molecule has 0 aliphatic heterocycles. The molecule has 0 spiro atoms. The lowest BCUT2D eigenvalue weighted by Gasteiger charge is -1.97. The molecule has 3 aromatic heterocycles. The predicted molar refractivity (Wildman–Crippen MR) is 94.0 cm³/mol. The first kappa shape index (κ1) is 15.0. The van der Waals surface area contributed by atoms with Gasteiger partial charge in [-0.3, -0.25) is 0 Å². The second-order valence-electron chi connectivity index (χ2n) is 5.18. The van der Waals surface area contributed by atoms with E-state index in [1.165, 1.54) is 26.3 Å². The van der Waals surface area contributed by atoms with Crippen molar-refractivity contribution in [2.45, 2.75) is 13.0 Å². The molecule has 0 radical (unpaired) electrons. The summed E-state index contributed by atoms with van der Waals surface area (Å²) < 4.78 is 2.64. The molecule has 1 aromatic carbocycles. The van der Waals surface area contributed by atoms with Crippen LogP contribution in [0.1, 0.15) is 16.3 Å². The van der Waals surface area contributed by atoms with E-state index in [-0.39, 0.29) is 5.69 Å². The van der Waals surface area contributed by atoms with Crippen molar-refractivity contribution in [3.8, 4) is 5.00 Å². The van der Waals surface area contributed by atoms with E-state index in [9.17, 15) is 4.79 Å². The van der Waals surface area contributed by atoms with Crippen LogP contribution in [0.5, 0.6) is 0 Å². The van der Waals surface area contributed by atoms with E-state index in [2.05, 4.69) is 27.5 Å². The SMILES string of the molecule is O=c1n(Cc2csc(Cc3ccccc3)n2)nnn1-c1cccs1. The molecule has 8 heteroatoms. The van der Waals surface area contributed by atoms with Crippen LogP contribution in [0.3, 0.4) is 0 Å². The van der Waals surface area contributed by atoms with Crippen molar-refractivity contribution in [2.24, 2.45) is 0 Å². The van der Waals surface area contributed by atoms with Crippen LogP contribution in [0.25, 0.3) is 5.00 Å². The summed E-state index contributed by atoms with van der Waals surface area (Å²) >= 11 is 3.04. The van der Waals surface area contributed by atoms with Gasteiger partial charge in [-0.25, -0.2) is 9.78 Å². The molecular weight excluding hydrogens is 342 g/mol. The molecule has 0 bridgehead atoms. The molecule has 0 N–H and O–H groups in total. The lowest BCUT2D eigenvalue weighted by Crippen LogP contribution is -2.24. The first-order valence-corrected chi connectivity index (χ1v) is 9.09. The fraction of sp³-hybridized carbons (Fsp3) is 0.125. The topological polar surface area (TPSA) is 65.6 Å². The Labute approximate surface area is 145 Å². The lowest BCUT2D eigenvalue weighted by atomic mass is 10.2. The number of thiophene rings is 1. The summed E-state index contributed by atoms with van der Waals surface area (Å²) in [5, 5.41) is 13.5. The smallest absolute Gasteiger partial charge is 0.244 e. The number of rotatable bonds is 5. The van der Waals surface area contributed by atoms with Crippen molar-refractivity contribution in [3.05, 3.63) is 80.0 Å². The molecule has 0 atom stereocenters. The van der Waals surface area contributed by atoms with Crippen LogP contribution >= 0.6 is 22.7 Å². The zero-order chi connectivity index (χ0) is 16.4. The number of hydrogen-bond acceptors (Lipinski definition) is 6. The van der Waals surface area contributed by atoms with E-state index in [1.807, 2.05) is 41.1 Å². The van der Waals surface area contributed by atoms with Crippen LogP contribution in [0, 0.1) is 0 Å². The maximum atomic E-state index is 12.4. The molecule has 0 aliphatic carbocycles. The summed E-state index contributed by atoms with van der Waals surface area (Å²) in [6, 6.07) is 13.9. The van der Waals surface area contributed by atoms with E-state index < -0.39 is 0 Å². The minimum absolute atomic E-state index is 0.255. The second-order valence-corrected chi connectivity index (χ2v) is 7.05. The third-order valence-electron chi connectivity index (χ3n) is 3.46. The first-order valence-electron chi connectivity index (χ1n) is 7.33. The highest BCUT2D eigenvalue weighted by Gasteiger charge is 2.11. The Bertz CT molecular complexity index is 985. The molecule has 4 aromatic rings. The van der Waals surface area contributed by atoms with Gasteiger partial charge in [0, 0.05) is 11.8 Å². The average Bonchev–Trinajstić information content (AvgIpc) is 3.32. The summed E-state index contributed by atoms with van der Waals surface area (Å²) in [6.07, 6.45) is 0.794. The third-order valence-corrected chi connectivity index (χ3v) is 5.20. The van der Waals surface area contributed by atoms with Gasteiger partial charge in [0.05, 0.1) is 17.2 Å². The van der Waals surface area contributed by atoms with Crippen molar-refractivity contribution < 1.29 is 0 Å². The average molecular weight is 355 g/mol. The Hall–Kier alpha value is -2.58. The van der Waals surface area contributed by atoms with Gasteiger partial charge < -0.3 is 0 Å². The summed E-state index contributed by atoms with van der Waals surface area (Å²) in [6.45, 7) is 0.329. The quantitative estimate of drug-likeness (QED) is 0.552. The zero-order valence-corrected chi connectivity index (χ0v) is 14.2. The number of benzene rings is 1. The molecule has 0 saturated heterocycles. The molecule has 0 aliphatic rings. The zero-order valence-electron chi connectivity index (χ0n) is 12.6. The Morgan fingerprint density at radius 3 is 2.67 bits per heavy atom. The van der Waals surface area contributed by atoms with Crippen molar-refractivity contribution in [1.29, 1.82) is 0 Å². The molecule has 120 valence electrons. The Morgan fingerprint density at radius 1 is 1.00 bits per heavy atom. The van der Waals surface area contributed by atoms with Gasteiger partial charge in [0.2, 0.25) is 0 Å². The van der Waals surface area contributed by atoms with E-state index in [1.54, 1.807) is 11.3 Å². The van der Waals surface area contributed by atoms with Crippen molar-refractivity contribution in [3.63, 3.8) is 0 Å². The maximum Gasteiger partial charge on any atom is 0.369 e. The molecule has 4 rings (SSSR count). The lowest BCUT2D eigenvalue weighted by molar-refractivity contribution is 0.622. The highest BCUT2D eigenvalue weighted by atomic mass is 32.1. The summed E-state index contributed by atoms with van der Waals surface area (Å²) in [4.78, 5) is 17.0. The highest BCUT2D eigenvalue weighted by Crippen LogP contribution is 2.15. The molecule has 3 heterocycles. The standard InChI is InChI=1S/C16H13N5OS2/c22-16-20(18-19-21(16)15-7-4-8-23-15)10-13-11-24-14(17-13)9-12-5-2-1-3-6-12/h1-8,11H,9-10H2. The number of hydrogen-bond donors (Lipinski definition) is 0. The molecule has 0 saturated carbocycles. The van der Waals surface area contributed by atoms with Gasteiger partial charge in [-0.2, -0.15) is 9.36 Å². The van der Waals surface area contributed by atoms with Crippen LogP contribution < -0.4 is 5.69 Å². The van der Waals surface area contributed by atoms with Crippen molar-refractivity contribution in [2.75, 3.05) is 0 Å². The van der Waals surface area contributed by atoms with Crippen LogP contribution in [0.2, 0.25) is 0 Å². The summed E-state index contributed by atoms with van der Waals surface area (Å²) in [5.41, 5.74) is 1.79. The Morgan fingerprint density at radius 2 is 1.88 bits per heavy atom. The number of aromatic nitrogens is 5. The van der Waals surface area contributed by atoms with Gasteiger partial charge in [0.1, 0.15) is 5.00 Å². The van der Waals surface area contributed by atoms with Crippen molar-refractivity contribution >= 4 is 22.7 Å². The van der Waals surface area contributed by atoms with Crippen LogP contribution in [0.4, 0.5) is 0 Å². The minimum atomic E-state index is -0.255. The molecule has 0 fully saturated rings. The number of thiazole rings is 1. The van der Waals surface area contributed by atoms with E-state index in [4.69, 9.17) is 0 Å². The monoisotopic (exact) mass is 355 g/mol. The van der Waals surface area contributed by atoms with Gasteiger partial charge in [0.25, 0.3) is 0 Å². The molecule has 24 heavy (non-hydrogen) atoms. The summed E-state index contributed by atoms with van der Waals surface area (Å²) in [7, 11) is 0.